The minimum absolute atomic E-state index is 0.0191. The van der Waals surface area contributed by atoms with Crippen LogP contribution in [-0.4, -0.2) is 12.5 Å². The monoisotopic (exact) mass is 317 g/mol. The summed E-state index contributed by atoms with van der Waals surface area (Å²) in [6.45, 7) is 0.695. The van der Waals surface area contributed by atoms with Crippen molar-refractivity contribution in [3.8, 4) is 0 Å². The number of aryl methyl sites for hydroxylation is 1. The molecule has 0 radical (unpaired) electrons. The molecule has 19 heavy (non-hydrogen) atoms. The molecule has 1 N–H and O–H groups in total. The van der Waals surface area contributed by atoms with E-state index in [2.05, 4.69) is 33.4 Å². The number of carbonyl (C=O) groups is 1. The maximum Gasteiger partial charge on any atom is 0.251 e. The number of rotatable bonds is 5. The molecule has 2 rings (SSSR count). The van der Waals surface area contributed by atoms with Crippen LogP contribution in [0.15, 0.2) is 59.1 Å². The molecule has 0 aliphatic rings. The SMILES string of the molecule is O=C(NCCCc1ccccc1)c1cccc(Br)c1. The van der Waals surface area contributed by atoms with E-state index < -0.39 is 0 Å². The van der Waals surface area contributed by atoms with Gasteiger partial charge in [0, 0.05) is 16.6 Å². The molecule has 2 nitrogen and oxygen atoms in total. The number of carbonyl (C=O) groups excluding carboxylic acids is 1. The summed E-state index contributed by atoms with van der Waals surface area (Å²) >= 11 is 3.36. The van der Waals surface area contributed by atoms with Crippen molar-refractivity contribution in [3.63, 3.8) is 0 Å². The van der Waals surface area contributed by atoms with Gasteiger partial charge in [0.1, 0.15) is 0 Å². The Morgan fingerprint density at radius 3 is 2.58 bits per heavy atom. The van der Waals surface area contributed by atoms with Crippen LogP contribution in [0.5, 0.6) is 0 Å². The highest BCUT2D eigenvalue weighted by Crippen LogP contribution is 2.11. The maximum atomic E-state index is 11.9. The van der Waals surface area contributed by atoms with Crippen molar-refractivity contribution < 1.29 is 4.79 Å². The van der Waals surface area contributed by atoms with Gasteiger partial charge in [0.25, 0.3) is 5.91 Å². The standard InChI is InChI=1S/C16H16BrNO/c17-15-10-4-9-14(12-15)16(19)18-11-5-8-13-6-2-1-3-7-13/h1-4,6-7,9-10,12H,5,8,11H2,(H,18,19). The quantitative estimate of drug-likeness (QED) is 0.835. The lowest BCUT2D eigenvalue weighted by Crippen LogP contribution is -2.24. The highest BCUT2D eigenvalue weighted by Gasteiger charge is 2.04. The van der Waals surface area contributed by atoms with Gasteiger partial charge in [0.05, 0.1) is 0 Å². The van der Waals surface area contributed by atoms with Crippen LogP contribution in [0.3, 0.4) is 0 Å². The van der Waals surface area contributed by atoms with Crippen molar-refractivity contribution in [2.45, 2.75) is 12.8 Å². The molecule has 2 aromatic rings. The summed E-state index contributed by atoms with van der Waals surface area (Å²) in [7, 11) is 0. The van der Waals surface area contributed by atoms with Crippen molar-refractivity contribution in [1.29, 1.82) is 0 Å². The van der Waals surface area contributed by atoms with E-state index in [9.17, 15) is 4.79 Å². The molecule has 0 bridgehead atoms. The molecule has 3 heteroatoms. The first-order valence-electron chi connectivity index (χ1n) is 6.33. The minimum Gasteiger partial charge on any atom is -0.352 e. The van der Waals surface area contributed by atoms with Crippen LogP contribution in [0, 0.1) is 0 Å². The van der Waals surface area contributed by atoms with Gasteiger partial charge in [-0.25, -0.2) is 0 Å². The molecule has 0 fully saturated rings. The van der Waals surface area contributed by atoms with E-state index in [0.29, 0.717) is 12.1 Å². The number of hydrogen-bond acceptors (Lipinski definition) is 1. The Labute approximate surface area is 122 Å². The third kappa shape index (κ3) is 4.52. The molecule has 0 atom stereocenters. The van der Waals surface area contributed by atoms with Gasteiger partial charge in [-0.3, -0.25) is 4.79 Å². The first-order chi connectivity index (χ1) is 9.25. The van der Waals surface area contributed by atoms with Crippen LogP contribution in [0.4, 0.5) is 0 Å². The zero-order chi connectivity index (χ0) is 13.5. The van der Waals surface area contributed by atoms with E-state index in [1.807, 2.05) is 42.5 Å². The molecule has 0 saturated heterocycles. The van der Waals surface area contributed by atoms with Gasteiger partial charge < -0.3 is 5.32 Å². The number of amides is 1. The Bertz CT molecular complexity index is 539. The summed E-state index contributed by atoms with van der Waals surface area (Å²) in [6.07, 6.45) is 1.93. The number of benzene rings is 2. The van der Waals surface area contributed by atoms with Crippen LogP contribution in [-0.2, 0) is 6.42 Å². The van der Waals surface area contributed by atoms with E-state index in [1.165, 1.54) is 5.56 Å². The van der Waals surface area contributed by atoms with Gasteiger partial charge in [-0.2, -0.15) is 0 Å². The first-order valence-corrected chi connectivity index (χ1v) is 7.13. The van der Waals surface area contributed by atoms with E-state index in [4.69, 9.17) is 0 Å². The Morgan fingerprint density at radius 2 is 1.84 bits per heavy atom. The average molecular weight is 318 g/mol. The van der Waals surface area contributed by atoms with Crippen molar-refractivity contribution >= 4 is 21.8 Å². The zero-order valence-electron chi connectivity index (χ0n) is 10.6. The predicted molar refractivity (Wildman–Crippen MR) is 81.2 cm³/mol. The summed E-state index contributed by atoms with van der Waals surface area (Å²) in [5.74, 6) is -0.0191. The van der Waals surface area contributed by atoms with Gasteiger partial charge in [0.15, 0.2) is 0 Å². The normalized spacial score (nSPS) is 10.2. The van der Waals surface area contributed by atoms with Gasteiger partial charge in [-0.1, -0.05) is 52.3 Å². The van der Waals surface area contributed by atoms with Gasteiger partial charge in [-0.15, -0.1) is 0 Å². The lowest BCUT2D eigenvalue weighted by Gasteiger charge is -2.05. The van der Waals surface area contributed by atoms with E-state index in [-0.39, 0.29) is 5.91 Å². The van der Waals surface area contributed by atoms with Gasteiger partial charge in [-0.05, 0) is 36.6 Å². The Kier molecular flexibility index (Phi) is 5.16. The van der Waals surface area contributed by atoms with Crippen LogP contribution in [0.1, 0.15) is 22.3 Å². The topological polar surface area (TPSA) is 29.1 Å². The molecule has 0 aliphatic heterocycles. The Balaban J connectivity index is 1.75. The van der Waals surface area contributed by atoms with Gasteiger partial charge >= 0.3 is 0 Å². The van der Waals surface area contributed by atoms with Crippen LogP contribution in [0.2, 0.25) is 0 Å². The molecule has 0 aliphatic carbocycles. The van der Waals surface area contributed by atoms with E-state index in [0.717, 1.165) is 17.3 Å². The molecule has 98 valence electrons. The summed E-state index contributed by atoms with van der Waals surface area (Å²) in [6, 6.07) is 17.7. The average Bonchev–Trinajstić information content (AvgIpc) is 2.44. The number of hydrogen-bond donors (Lipinski definition) is 1. The Morgan fingerprint density at radius 1 is 1.05 bits per heavy atom. The lowest BCUT2D eigenvalue weighted by molar-refractivity contribution is 0.0953. The number of halogens is 1. The van der Waals surface area contributed by atoms with Crippen molar-refractivity contribution in [2.24, 2.45) is 0 Å². The van der Waals surface area contributed by atoms with Crippen molar-refractivity contribution in [2.75, 3.05) is 6.54 Å². The van der Waals surface area contributed by atoms with Crippen LogP contribution >= 0.6 is 15.9 Å². The molecule has 1 amide bonds. The van der Waals surface area contributed by atoms with Gasteiger partial charge in [0.2, 0.25) is 0 Å². The second-order valence-electron chi connectivity index (χ2n) is 4.36. The zero-order valence-corrected chi connectivity index (χ0v) is 12.2. The Hall–Kier alpha value is -1.61. The summed E-state index contributed by atoms with van der Waals surface area (Å²) in [5, 5.41) is 2.94. The third-order valence-electron chi connectivity index (χ3n) is 2.86. The fourth-order valence-corrected chi connectivity index (χ4v) is 2.27. The second-order valence-corrected chi connectivity index (χ2v) is 5.27. The highest BCUT2D eigenvalue weighted by molar-refractivity contribution is 9.10. The fourth-order valence-electron chi connectivity index (χ4n) is 1.87. The van der Waals surface area contributed by atoms with E-state index >= 15 is 0 Å². The van der Waals surface area contributed by atoms with Crippen LogP contribution in [0.25, 0.3) is 0 Å². The molecule has 0 saturated carbocycles. The smallest absolute Gasteiger partial charge is 0.251 e. The molecule has 0 aromatic heterocycles. The fraction of sp³-hybridized carbons (Fsp3) is 0.188. The summed E-state index contributed by atoms with van der Waals surface area (Å²) in [5.41, 5.74) is 1.99. The third-order valence-corrected chi connectivity index (χ3v) is 3.35. The molecule has 2 aromatic carbocycles. The minimum atomic E-state index is -0.0191. The first kappa shape index (κ1) is 13.8. The largest absolute Gasteiger partial charge is 0.352 e. The molecular formula is C16H16BrNO. The lowest BCUT2D eigenvalue weighted by atomic mass is 10.1. The predicted octanol–water partition coefficient (Wildman–Crippen LogP) is 3.81. The summed E-state index contributed by atoms with van der Waals surface area (Å²) < 4.78 is 0.921. The van der Waals surface area contributed by atoms with Crippen LogP contribution < -0.4 is 5.32 Å². The number of nitrogens with one attached hydrogen (secondary N) is 1. The molecular weight excluding hydrogens is 302 g/mol. The highest BCUT2D eigenvalue weighted by atomic mass is 79.9. The van der Waals surface area contributed by atoms with Crippen molar-refractivity contribution in [1.82, 2.24) is 5.32 Å². The van der Waals surface area contributed by atoms with E-state index in [1.54, 1.807) is 0 Å². The maximum absolute atomic E-state index is 11.9. The molecule has 0 unspecified atom stereocenters. The molecule has 0 heterocycles. The molecule has 0 spiro atoms. The second kappa shape index (κ2) is 7.10. The summed E-state index contributed by atoms with van der Waals surface area (Å²) in [4.78, 5) is 11.9. The van der Waals surface area contributed by atoms with Crippen molar-refractivity contribution in [3.05, 3.63) is 70.2 Å².